The molecule has 6 nitrogen and oxygen atoms in total. The van der Waals surface area contributed by atoms with Gasteiger partial charge in [0.25, 0.3) is 5.91 Å². The number of anilines is 1. The summed E-state index contributed by atoms with van der Waals surface area (Å²) in [7, 11) is 0. The molecule has 0 aliphatic heterocycles. The number of nitrogens with two attached hydrogens (primary N) is 1. The smallest absolute Gasteiger partial charge is 0.254 e. The minimum Gasteiger partial charge on any atom is -0.365 e. The van der Waals surface area contributed by atoms with Crippen molar-refractivity contribution in [2.75, 3.05) is 5.32 Å². The number of aryl methyl sites for hydroxylation is 1. The van der Waals surface area contributed by atoms with E-state index in [0.717, 1.165) is 25.7 Å². The molecule has 0 unspecified atom stereocenters. The minimum absolute atomic E-state index is 0.0359. The van der Waals surface area contributed by atoms with Crippen LogP contribution in [0.1, 0.15) is 40.7 Å². The van der Waals surface area contributed by atoms with E-state index >= 15 is 0 Å². The van der Waals surface area contributed by atoms with E-state index in [0.29, 0.717) is 0 Å². The molecule has 1 saturated carbocycles. The second-order valence-corrected chi connectivity index (χ2v) is 6.44. The van der Waals surface area contributed by atoms with E-state index < -0.39 is 5.91 Å². The van der Waals surface area contributed by atoms with Crippen molar-refractivity contribution >= 4 is 17.6 Å². The third-order valence-corrected chi connectivity index (χ3v) is 5.17. The fourth-order valence-electron chi connectivity index (χ4n) is 3.95. The molecule has 4 N–H and O–H groups in total. The van der Waals surface area contributed by atoms with Crippen LogP contribution in [0.15, 0.2) is 30.5 Å². The lowest BCUT2D eigenvalue weighted by Crippen LogP contribution is -2.25. The van der Waals surface area contributed by atoms with Gasteiger partial charge in [-0.1, -0.05) is 24.3 Å². The Bertz CT molecular complexity index is 797. The molecule has 2 aromatic rings. The molecule has 23 heavy (non-hydrogen) atoms. The standard InChI is InChI=1S/C17H18N4O2/c18-14(22)11-9-19-21-15(11)20-16(23)13-8-17(13)7-3-5-10-4-1-2-6-12(10)17/h1-2,4,6,9,13H,3,5,7-8H2,(H2,18,22)(H2,19,20,21,23)/t13-,17-/m1/s1. The van der Waals surface area contributed by atoms with Crippen LogP contribution in [0.4, 0.5) is 5.82 Å². The Labute approximate surface area is 133 Å². The molecule has 1 aromatic heterocycles. The molecule has 118 valence electrons. The predicted molar refractivity (Wildman–Crippen MR) is 84.9 cm³/mol. The van der Waals surface area contributed by atoms with Crippen molar-refractivity contribution in [1.82, 2.24) is 10.2 Å². The maximum atomic E-state index is 12.6. The van der Waals surface area contributed by atoms with Crippen LogP contribution in [0.2, 0.25) is 0 Å². The van der Waals surface area contributed by atoms with Crippen LogP contribution in [0, 0.1) is 5.92 Å². The van der Waals surface area contributed by atoms with Gasteiger partial charge in [-0.3, -0.25) is 14.7 Å². The number of nitrogens with one attached hydrogen (secondary N) is 2. The average Bonchev–Trinajstić information content (AvgIpc) is 3.06. The van der Waals surface area contributed by atoms with Gasteiger partial charge < -0.3 is 11.1 Å². The van der Waals surface area contributed by atoms with E-state index in [4.69, 9.17) is 5.73 Å². The maximum absolute atomic E-state index is 12.6. The van der Waals surface area contributed by atoms with Gasteiger partial charge in [-0.25, -0.2) is 0 Å². The van der Waals surface area contributed by atoms with Gasteiger partial charge in [0.2, 0.25) is 5.91 Å². The molecule has 0 radical (unpaired) electrons. The SMILES string of the molecule is NC(=O)c1cn[nH]c1NC(=O)[C@H]1C[C@@]12CCCc1ccccc12. The zero-order valence-electron chi connectivity index (χ0n) is 12.6. The van der Waals surface area contributed by atoms with Crippen LogP contribution in [-0.4, -0.2) is 22.0 Å². The molecular weight excluding hydrogens is 292 g/mol. The summed E-state index contributed by atoms with van der Waals surface area (Å²) in [5.74, 6) is -0.461. The van der Waals surface area contributed by atoms with Crippen molar-refractivity contribution in [1.29, 1.82) is 0 Å². The monoisotopic (exact) mass is 310 g/mol. The van der Waals surface area contributed by atoms with Gasteiger partial charge in [-0.05, 0) is 36.8 Å². The lowest BCUT2D eigenvalue weighted by atomic mass is 9.78. The zero-order chi connectivity index (χ0) is 16.0. The highest BCUT2D eigenvalue weighted by molar-refractivity contribution is 6.03. The van der Waals surface area contributed by atoms with Crippen LogP contribution in [0.25, 0.3) is 0 Å². The number of carbonyl (C=O) groups is 2. The zero-order valence-corrected chi connectivity index (χ0v) is 12.6. The number of nitrogens with zero attached hydrogens (tertiary/aromatic N) is 1. The number of hydrogen-bond acceptors (Lipinski definition) is 3. The second-order valence-electron chi connectivity index (χ2n) is 6.44. The first kappa shape index (κ1) is 14.0. The molecule has 2 aliphatic rings. The number of amides is 2. The van der Waals surface area contributed by atoms with E-state index in [2.05, 4.69) is 33.7 Å². The summed E-state index contributed by atoms with van der Waals surface area (Å²) in [5.41, 5.74) is 8.11. The summed E-state index contributed by atoms with van der Waals surface area (Å²) in [4.78, 5) is 23.9. The Morgan fingerprint density at radius 1 is 1.35 bits per heavy atom. The number of primary amides is 1. The Kier molecular flexibility index (Phi) is 3.01. The Morgan fingerprint density at radius 2 is 2.17 bits per heavy atom. The van der Waals surface area contributed by atoms with Crippen molar-refractivity contribution in [2.24, 2.45) is 11.7 Å². The number of aromatic amines is 1. The molecule has 6 heteroatoms. The van der Waals surface area contributed by atoms with Crippen molar-refractivity contribution < 1.29 is 9.59 Å². The molecule has 4 rings (SSSR count). The lowest BCUT2D eigenvalue weighted by Gasteiger charge is -2.26. The topological polar surface area (TPSA) is 101 Å². The predicted octanol–water partition coefficient (Wildman–Crippen LogP) is 1.74. The average molecular weight is 310 g/mol. The van der Waals surface area contributed by atoms with E-state index in [1.54, 1.807) is 0 Å². The number of rotatable bonds is 3. The van der Waals surface area contributed by atoms with Gasteiger partial charge >= 0.3 is 0 Å². The molecule has 1 heterocycles. The normalized spacial score (nSPS) is 25.0. The van der Waals surface area contributed by atoms with Crippen molar-refractivity contribution in [3.05, 3.63) is 47.2 Å². The highest BCUT2D eigenvalue weighted by atomic mass is 16.2. The van der Waals surface area contributed by atoms with Crippen molar-refractivity contribution in [2.45, 2.75) is 31.1 Å². The number of H-pyrrole nitrogens is 1. The number of fused-ring (bicyclic) bond motifs is 2. The van der Waals surface area contributed by atoms with Crippen molar-refractivity contribution in [3.8, 4) is 0 Å². The summed E-state index contributed by atoms with van der Waals surface area (Å²) in [6.45, 7) is 0. The maximum Gasteiger partial charge on any atom is 0.254 e. The molecule has 0 bridgehead atoms. The Morgan fingerprint density at radius 3 is 3.00 bits per heavy atom. The lowest BCUT2D eigenvalue weighted by molar-refractivity contribution is -0.117. The molecule has 1 fully saturated rings. The van der Waals surface area contributed by atoms with Gasteiger partial charge in [0.15, 0.2) is 0 Å². The number of benzene rings is 1. The molecule has 2 amide bonds. The minimum atomic E-state index is -0.609. The van der Waals surface area contributed by atoms with Crippen molar-refractivity contribution in [3.63, 3.8) is 0 Å². The van der Waals surface area contributed by atoms with E-state index in [1.807, 2.05) is 6.07 Å². The van der Waals surface area contributed by atoms with Crippen LogP contribution in [-0.2, 0) is 16.6 Å². The number of carbonyl (C=O) groups excluding carboxylic acids is 2. The van der Waals surface area contributed by atoms with E-state index in [-0.39, 0.29) is 28.6 Å². The summed E-state index contributed by atoms with van der Waals surface area (Å²) in [6.07, 6.45) is 5.41. The van der Waals surface area contributed by atoms with Crippen LogP contribution in [0.5, 0.6) is 0 Å². The highest BCUT2D eigenvalue weighted by Gasteiger charge is 2.60. The first-order valence-electron chi connectivity index (χ1n) is 7.84. The van der Waals surface area contributed by atoms with Gasteiger partial charge in [0.05, 0.1) is 6.20 Å². The third kappa shape index (κ3) is 2.13. The van der Waals surface area contributed by atoms with Gasteiger partial charge in [-0.2, -0.15) is 5.10 Å². The molecule has 1 aromatic carbocycles. The summed E-state index contributed by atoms with van der Waals surface area (Å²) >= 11 is 0. The number of hydrogen-bond donors (Lipinski definition) is 3. The summed E-state index contributed by atoms with van der Waals surface area (Å²) < 4.78 is 0. The van der Waals surface area contributed by atoms with Gasteiger partial charge in [0, 0.05) is 11.3 Å². The molecule has 0 saturated heterocycles. The van der Waals surface area contributed by atoms with Crippen LogP contribution < -0.4 is 11.1 Å². The molecule has 1 spiro atoms. The third-order valence-electron chi connectivity index (χ3n) is 5.17. The fraction of sp³-hybridized carbons (Fsp3) is 0.353. The first-order chi connectivity index (χ1) is 11.1. The fourth-order valence-corrected chi connectivity index (χ4v) is 3.95. The van der Waals surface area contributed by atoms with Gasteiger partial charge in [0.1, 0.15) is 11.4 Å². The molecule has 2 atom stereocenters. The molecular formula is C17H18N4O2. The highest BCUT2D eigenvalue weighted by Crippen LogP contribution is 2.60. The Balaban J connectivity index is 1.57. The van der Waals surface area contributed by atoms with Crippen LogP contribution in [0.3, 0.4) is 0 Å². The van der Waals surface area contributed by atoms with Crippen LogP contribution >= 0.6 is 0 Å². The second kappa shape index (κ2) is 4.94. The Hall–Kier alpha value is -2.63. The first-order valence-corrected chi connectivity index (χ1v) is 7.84. The number of aromatic nitrogens is 2. The molecule has 2 aliphatic carbocycles. The summed E-state index contributed by atoms with van der Waals surface area (Å²) in [6, 6.07) is 8.40. The largest absolute Gasteiger partial charge is 0.365 e. The summed E-state index contributed by atoms with van der Waals surface area (Å²) in [5, 5.41) is 9.18. The quantitative estimate of drug-likeness (QED) is 0.805. The van der Waals surface area contributed by atoms with E-state index in [1.165, 1.54) is 17.3 Å². The van der Waals surface area contributed by atoms with Gasteiger partial charge in [-0.15, -0.1) is 0 Å². The van der Waals surface area contributed by atoms with E-state index in [9.17, 15) is 9.59 Å².